The largest absolute Gasteiger partial charge is 0.244 e. The lowest BCUT2D eigenvalue weighted by atomic mass is 9.89. The molecule has 0 N–H and O–H groups in total. The normalized spacial score (nSPS) is 16.6. The molecule has 0 spiro atoms. The van der Waals surface area contributed by atoms with Crippen LogP contribution in [0, 0.1) is 17.8 Å². The Kier molecular flexibility index (Phi) is 10.6. The van der Waals surface area contributed by atoms with Crippen molar-refractivity contribution >= 4 is 0 Å². The van der Waals surface area contributed by atoms with E-state index in [2.05, 4.69) is 34.6 Å². The predicted octanol–water partition coefficient (Wildman–Crippen LogP) is 7.17. The molecule has 2 atom stereocenters. The fourth-order valence-electron chi connectivity index (χ4n) is 2.84. The van der Waals surface area contributed by atoms with Crippen molar-refractivity contribution in [3.63, 3.8) is 0 Å². The molecule has 0 aliphatic heterocycles. The van der Waals surface area contributed by atoms with Crippen molar-refractivity contribution in [1.29, 1.82) is 0 Å². The van der Waals surface area contributed by atoms with Gasteiger partial charge in [0, 0.05) is 0 Å². The van der Waals surface area contributed by atoms with Gasteiger partial charge < -0.3 is 0 Å². The van der Waals surface area contributed by atoms with E-state index < -0.39 is 5.67 Å². The van der Waals surface area contributed by atoms with E-state index in [0.29, 0.717) is 5.92 Å². The SMILES string of the molecule is CC(C)CCCC(C)CCCC(C)(F)CCCC(C)C. The Morgan fingerprint density at radius 2 is 1.10 bits per heavy atom. The lowest BCUT2D eigenvalue weighted by Crippen LogP contribution is -2.18. The second kappa shape index (κ2) is 10.6. The summed E-state index contributed by atoms with van der Waals surface area (Å²) < 4.78 is 14.3. The zero-order valence-corrected chi connectivity index (χ0v) is 15.0. The highest BCUT2D eigenvalue weighted by molar-refractivity contribution is 4.74. The van der Waals surface area contributed by atoms with Gasteiger partial charge in [-0.15, -0.1) is 0 Å². The number of rotatable bonds is 12. The first kappa shape index (κ1) is 19.9. The van der Waals surface area contributed by atoms with Crippen LogP contribution < -0.4 is 0 Å². The first-order chi connectivity index (χ1) is 9.23. The van der Waals surface area contributed by atoms with Crippen molar-refractivity contribution in [2.24, 2.45) is 17.8 Å². The molecule has 122 valence electrons. The molecule has 0 aromatic rings. The molecule has 0 aliphatic carbocycles. The predicted molar refractivity (Wildman–Crippen MR) is 89.9 cm³/mol. The molecule has 0 rings (SSSR count). The van der Waals surface area contributed by atoms with E-state index in [4.69, 9.17) is 0 Å². The highest BCUT2D eigenvalue weighted by atomic mass is 19.1. The zero-order chi connectivity index (χ0) is 15.6. The maximum Gasteiger partial charge on any atom is 0.108 e. The van der Waals surface area contributed by atoms with Crippen LogP contribution in [-0.2, 0) is 0 Å². The topological polar surface area (TPSA) is 0 Å². The summed E-state index contributed by atoms with van der Waals surface area (Å²) in [7, 11) is 0. The summed E-state index contributed by atoms with van der Waals surface area (Å²) >= 11 is 0. The van der Waals surface area contributed by atoms with Crippen LogP contribution in [0.1, 0.15) is 99.3 Å². The fourth-order valence-corrected chi connectivity index (χ4v) is 2.84. The Labute approximate surface area is 127 Å². The summed E-state index contributed by atoms with van der Waals surface area (Å²) in [4.78, 5) is 0. The van der Waals surface area contributed by atoms with Crippen molar-refractivity contribution in [3.8, 4) is 0 Å². The lowest BCUT2D eigenvalue weighted by molar-refractivity contribution is 0.147. The Hall–Kier alpha value is -0.0700. The van der Waals surface area contributed by atoms with Crippen LogP contribution in [0.4, 0.5) is 4.39 Å². The van der Waals surface area contributed by atoms with Crippen molar-refractivity contribution in [3.05, 3.63) is 0 Å². The van der Waals surface area contributed by atoms with Crippen LogP contribution in [0.5, 0.6) is 0 Å². The Balaban J connectivity index is 3.64. The summed E-state index contributed by atoms with van der Waals surface area (Å²) in [6.45, 7) is 13.1. The molecule has 0 heterocycles. The molecule has 2 unspecified atom stereocenters. The summed E-state index contributed by atoms with van der Waals surface area (Å²) in [5.41, 5.74) is -0.938. The van der Waals surface area contributed by atoms with Crippen LogP contribution >= 0.6 is 0 Å². The summed E-state index contributed by atoms with van der Waals surface area (Å²) in [5, 5.41) is 0. The van der Waals surface area contributed by atoms with Gasteiger partial charge in [-0.25, -0.2) is 4.39 Å². The maximum absolute atomic E-state index is 14.3. The molecule has 0 saturated carbocycles. The third kappa shape index (κ3) is 12.9. The second-order valence-corrected chi connectivity index (χ2v) is 8.02. The van der Waals surface area contributed by atoms with Gasteiger partial charge in [0.1, 0.15) is 5.67 Å². The molecule has 0 aromatic heterocycles. The van der Waals surface area contributed by atoms with Crippen molar-refractivity contribution < 1.29 is 4.39 Å². The van der Waals surface area contributed by atoms with Gasteiger partial charge in [-0.2, -0.15) is 0 Å². The van der Waals surface area contributed by atoms with E-state index in [9.17, 15) is 4.39 Å². The third-order valence-corrected chi connectivity index (χ3v) is 4.35. The maximum atomic E-state index is 14.3. The first-order valence-electron chi connectivity index (χ1n) is 8.92. The molecule has 0 aliphatic rings. The van der Waals surface area contributed by atoms with Crippen molar-refractivity contribution in [1.82, 2.24) is 0 Å². The van der Waals surface area contributed by atoms with Gasteiger partial charge in [-0.05, 0) is 37.5 Å². The van der Waals surface area contributed by atoms with E-state index in [0.717, 1.165) is 43.9 Å². The molecule has 20 heavy (non-hydrogen) atoms. The average Bonchev–Trinajstić information content (AvgIpc) is 2.27. The van der Waals surface area contributed by atoms with Gasteiger partial charge in [0.2, 0.25) is 0 Å². The minimum atomic E-state index is -0.938. The molecule has 1 heteroatoms. The van der Waals surface area contributed by atoms with E-state index >= 15 is 0 Å². The number of hydrogen-bond acceptors (Lipinski definition) is 0. The Morgan fingerprint density at radius 3 is 1.60 bits per heavy atom. The standard InChI is InChI=1S/C19H39F/c1-16(2)10-7-12-18(5)13-9-15-19(6,20)14-8-11-17(3)4/h16-18H,7-15H2,1-6H3. The van der Waals surface area contributed by atoms with E-state index in [1.165, 1.54) is 25.7 Å². The number of hydrogen-bond donors (Lipinski definition) is 0. The Morgan fingerprint density at radius 1 is 0.700 bits per heavy atom. The second-order valence-electron chi connectivity index (χ2n) is 8.02. The van der Waals surface area contributed by atoms with E-state index in [-0.39, 0.29) is 0 Å². The molecular formula is C19H39F. The highest BCUT2D eigenvalue weighted by Gasteiger charge is 2.22. The highest BCUT2D eigenvalue weighted by Crippen LogP contribution is 2.28. The molecule has 0 bridgehead atoms. The van der Waals surface area contributed by atoms with Crippen LogP contribution in [0.3, 0.4) is 0 Å². The van der Waals surface area contributed by atoms with Gasteiger partial charge in [0.25, 0.3) is 0 Å². The van der Waals surface area contributed by atoms with Gasteiger partial charge >= 0.3 is 0 Å². The minimum Gasteiger partial charge on any atom is -0.244 e. The number of halogens is 1. The molecule has 0 amide bonds. The average molecular weight is 287 g/mol. The minimum absolute atomic E-state index is 0.701. The lowest BCUT2D eigenvalue weighted by Gasteiger charge is -2.21. The molecular weight excluding hydrogens is 247 g/mol. The molecule has 0 nitrogen and oxygen atoms in total. The van der Waals surface area contributed by atoms with Crippen molar-refractivity contribution in [2.75, 3.05) is 0 Å². The van der Waals surface area contributed by atoms with Crippen LogP contribution in [-0.4, -0.2) is 5.67 Å². The van der Waals surface area contributed by atoms with Crippen LogP contribution in [0.2, 0.25) is 0 Å². The molecule has 0 saturated heterocycles. The Bertz CT molecular complexity index is 218. The van der Waals surface area contributed by atoms with Crippen molar-refractivity contribution in [2.45, 2.75) is 105 Å². The molecule has 0 fully saturated rings. The van der Waals surface area contributed by atoms with Gasteiger partial charge in [0.15, 0.2) is 0 Å². The summed E-state index contributed by atoms with van der Waals surface area (Å²) in [6, 6.07) is 0. The first-order valence-corrected chi connectivity index (χ1v) is 8.92. The van der Waals surface area contributed by atoms with Gasteiger partial charge in [-0.1, -0.05) is 79.6 Å². The summed E-state index contributed by atoms with van der Waals surface area (Å²) in [6.07, 6.45) is 9.92. The van der Waals surface area contributed by atoms with Crippen LogP contribution in [0.25, 0.3) is 0 Å². The number of alkyl halides is 1. The van der Waals surface area contributed by atoms with E-state index in [1.807, 2.05) is 0 Å². The van der Waals surface area contributed by atoms with E-state index in [1.54, 1.807) is 6.92 Å². The van der Waals surface area contributed by atoms with Gasteiger partial charge in [0.05, 0.1) is 0 Å². The molecule has 0 radical (unpaired) electrons. The third-order valence-electron chi connectivity index (χ3n) is 4.35. The van der Waals surface area contributed by atoms with Crippen LogP contribution in [0.15, 0.2) is 0 Å². The zero-order valence-electron chi connectivity index (χ0n) is 15.0. The fraction of sp³-hybridized carbons (Fsp3) is 1.00. The summed E-state index contributed by atoms with van der Waals surface area (Å²) in [5.74, 6) is 2.28. The van der Waals surface area contributed by atoms with Gasteiger partial charge in [-0.3, -0.25) is 0 Å². The molecule has 0 aromatic carbocycles. The quantitative estimate of drug-likeness (QED) is 0.356. The smallest absolute Gasteiger partial charge is 0.108 e. The monoisotopic (exact) mass is 286 g/mol.